The maximum atomic E-state index is 12.4. The largest absolute Gasteiger partial charge is 0.478 e. The fraction of sp³-hybridized carbons (Fsp3) is 0.100. The molecule has 1 aromatic rings. The van der Waals surface area contributed by atoms with E-state index in [1.807, 2.05) is 0 Å². The van der Waals surface area contributed by atoms with Crippen molar-refractivity contribution in [3.05, 3.63) is 46.0 Å². The number of aliphatic carboxylic acids is 1. The Hall–Kier alpha value is -2.38. The van der Waals surface area contributed by atoms with E-state index in [0.717, 1.165) is 6.07 Å². The molecule has 0 spiro atoms. The predicted octanol–water partition coefficient (Wildman–Crippen LogP) is 2.71. The van der Waals surface area contributed by atoms with Gasteiger partial charge in [-0.3, -0.25) is 10.1 Å². The summed E-state index contributed by atoms with van der Waals surface area (Å²) in [5, 5.41) is 19.3. The summed E-state index contributed by atoms with van der Waals surface area (Å²) in [7, 11) is 0. The quantitative estimate of drug-likeness (QED) is 0.515. The van der Waals surface area contributed by atoms with E-state index in [1.54, 1.807) is 0 Å². The van der Waals surface area contributed by atoms with Crippen LogP contribution in [0.15, 0.2) is 24.8 Å². The third kappa shape index (κ3) is 2.65. The summed E-state index contributed by atoms with van der Waals surface area (Å²) in [6.07, 6.45) is -4.74. The number of hydrogen-bond donors (Lipinski definition) is 1. The summed E-state index contributed by atoms with van der Waals surface area (Å²) < 4.78 is 37.1. The lowest BCUT2D eigenvalue weighted by molar-refractivity contribution is -0.385. The molecule has 18 heavy (non-hydrogen) atoms. The minimum Gasteiger partial charge on any atom is -0.478 e. The normalized spacial score (nSPS) is 11.1. The molecular weight excluding hydrogens is 255 g/mol. The molecule has 0 heterocycles. The van der Waals surface area contributed by atoms with Gasteiger partial charge >= 0.3 is 12.1 Å². The first-order valence-corrected chi connectivity index (χ1v) is 4.43. The fourth-order valence-corrected chi connectivity index (χ4v) is 1.23. The minimum atomic E-state index is -4.74. The Labute approximate surface area is 98.3 Å². The van der Waals surface area contributed by atoms with E-state index in [-0.39, 0.29) is 6.07 Å². The van der Waals surface area contributed by atoms with Crippen LogP contribution in [-0.2, 0) is 11.0 Å². The Morgan fingerprint density at radius 1 is 1.39 bits per heavy atom. The summed E-state index contributed by atoms with van der Waals surface area (Å²) in [4.78, 5) is 20.2. The summed E-state index contributed by atoms with van der Waals surface area (Å²) in [6.45, 7) is 3.07. The Bertz CT molecular complexity index is 536. The van der Waals surface area contributed by atoms with Gasteiger partial charge in [-0.25, -0.2) is 4.79 Å². The van der Waals surface area contributed by atoms with Gasteiger partial charge in [0.2, 0.25) is 0 Å². The molecule has 0 atom stereocenters. The molecule has 0 aliphatic rings. The van der Waals surface area contributed by atoms with Gasteiger partial charge in [0, 0.05) is 6.07 Å². The van der Waals surface area contributed by atoms with Gasteiger partial charge in [0.05, 0.1) is 21.6 Å². The van der Waals surface area contributed by atoms with Crippen LogP contribution in [0.1, 0.15) is 11.1 Å². The molecule has 5 nitrogen and oxygen atoms in total. The Balaban J connectivity index is 3.44. The van der Waals surface area contributed by atoms with Crippen molar-refractivity contribution in [2.24, 2.45) is 0 Å². The number of benzene rings is 1. The van der Waals surface area contributed by atoms with Crippen LogP contribution in [0.25, 0.3) is 5.57 Å². The van der Waals surface area contributed by atoms with Crippen LogP contribution in [0, 0.1) is 10.1 Å². The summed E-state index contributed by atoms with van der Waals surface area (Å²) >= 11 is 0. The zero-order valence-electron chi connectivity index (χ0n) is 8.69. The number of carboxylic acids is 1. The molecule has 0 saturated carbocycles. The van der Waals surface area contributed by atoms with Gasteiger partial charge in [0.1, 0.15) is 0 Å². The first-order chi connectivity index (χ1) is 8.14. The van der Waals surface area contributed by atoms with E-state index in [4.69, 9.17) is 5.11 Å². The molecule has 0 amide bonds. The Kier molecular flexibility index (Phi) is 3.40. The Morgan fingerprint density at radius 3 is 2.33 bits per heavy atom. The zero-order valence-corrected chi connectivity index (χ0v) is 8.69. The maximum Gasteiger partial charge on any atom is 0.416 e. The third-order valence-corrected chi connectivity index (χ3v) is 2.11. The van der Waals surface area contributed by atoms with Crippen LogP contribution < -0.4 is 0 Å². The molecule has 0 saturated heterocycles. The van der Waals surface area contributed by atoms with Crippen molar-refractivity contribution < 1.29 is 28.0 Å². The summed E-state index contributed by atoms with van der Waals surface area (Å²) in [6, 6.07) is 1.57. The maximum absolute atomic E-state index is 12.4. The van der Waals surface area contributed by atoms with Crippen LogP contribution in [0.2, 0.25) is 0 Å². The fourth-order valence-electron chi connectivity index (χ4n) is 1.23. The number of alkyl halides is 3. The number of carboxylic acid groups (broad SMARTS) is 1. The van der Waals surface area contributed by atoms with Crippen LogP contribution >= 0.6 is 0 Å². The van der Waals surface area contributed by atoms with Crippen molar-refractivity contribution in [3.8, 4) is 0 Å². The molecule has 0 aromatic heterocycles. The highest BCUT2D eigenvalue weighted by molar-refractivity contribution is 6.15. The predicted molar refractivity (Wildman–Crippen MR) is 54.8 cm³/mol. The second-order valence-electron chi connectivity index (χ2n) is 3.27. The van der Waals surface area contributed by atoms with E-state index in [2.05, 4.69) is 6.58 Å². The van der Waals surface area contributed by atoms with Crippen molar-refractivity contribution in [1.82, 2.24) is 0 Å². The molecule has 0 fully saturated rings. The van der Waals surface area contributed by atoms with Crippen molar-refractivity contribution in [1.29, 1.82) is 0 Å². The highest BCUT2D eigenvalue weighted by Crippen LogP contribution is 2.34. The number of nitro groups is 1. The van der Waals surface area contributed by atoms with E-state index >= 15 is 0 Å². The van der Waals surface area contributed by atoms with E-state index in [1.165, 1.54) is 0 Å². The van der Waals surface area contributed by atoms with Crippen molar-refractivity contribution in [2.45, 2.75) is 6.18 Å². The molecule has 1 N–H and O–H groups in total. The molecule has 0 aliphatic heterocycles. The highest BCUT2D eigenvalue weighted by Gasteiger charge is 2.33. The lowest BCUT2D eigenvalue weighted by Crippen LogP contribution is -2.08. The van der Waals surface area contributed by atoms with Gasteiger partial charge in [0.25, 0.3) is 5.69 Å². The van der Waals surface area contributed by atoms with Gasteiger partial charge in [0.15, 0.2) is 0 Å². The molecule has 0 radical (unpaired) electrons. The minimum absolute atomic E-state index is 0.281. The van der Waals surface area contributed by atoms with Crippen LogP contribution in [-0.4, -0.2) is 16.0 Å². The van der Waals surface area contributed by atoms with Gasteiger partial charge in [-0.05, 0) is 12.1 Å². The van der Waals surface area contributed by atoms with Crippen molar-refractivity contribution in [2.75, 3.05) is 0 Å². The number of rotatable bonds is 3. The van der Waals surface area contributed by atoms with Gasteiger partial charge in [-0.15, -0.1) is 0 Å². The third-order valence-electron chi connectivity index (χ3n) is 2.11. The van der Waals surface area contributed by atoms with E-state index in [9.17, 15) is 28.1 Å². The lowest BCUT2D eigenvalue weighted by atomic mass is 10.0. The number of nitrogens with zero attached hydrogens (tertiary/aromatic N) is 1. The molecule has 8 heteroatoms. The average molecular weight is 261 g/mol. The van der Waals surface area contributed by atoms with Crippen LogP contribution in [0.4, 0.5) is 18.9 Å². The average Bonchev–Trinajstić information content (AvgIpc) is 2.25. The molecule has 1 aromatic carbocycles. The molecule has 0 unspecified atom stereocenters. The number of nitro benzene ring substituents is 1. The van der Waals surface area contributed by atoms with Crippen LogP contribution in [0.5, 0.6) is 0 Å². The zero-order chi connectivity index (χ0) is 14.1. The molecular formula is C10H6F3NO4. The summed E-state index contributed by atoms with van der Waals surface area (Å²) in [5.74, 6) is -1.54. The number of halogens is 3. The first kappa shape index (κ1) is 13.7. The first-order valence-electron chi connectivity index (χ1n) is 4.43. The van der Waals surface area contributed by atoms with Gasteiger partial charge < -0.3 is 5.11 Å². The Morgan fingerprint density at radius 2 is 1.94 bits per heavy atom. The number of carbonyl (C=O) groups is 1. The highest BCUT2D eigenvalue weighted by atomic mass is 19.4. The van der Waals surface area contributed by atoms with Crippen molar-refractivity contribution in [3.63, 3.8) is 0 Å². The van der Waals surface area contributed by atoms with Crippen LogP contribution in [0.3, 0.4) is 0 Å². The smallest absolute Gasteiger partial charge is 0.416 e. The molecule has 0 aliphatic carbocycles. The van der Waals surface area contributed by atoms with Crippen molar-refractivity contribution >= 4 is 17.2 Å². The second kappa shape index (κ2) is 4.47. The van der Waals surface area contributed by atoms with E-state index < -0.39 is 39.5 Å². The summed E-state index contributed by atoms with van der Waals surface area (Å²) in [5.41, 5.74) is -3.27. The van der Waals surface area contributed by atoms with Gasteiger partial charge in [-0.1, -0.05) is 6.58 Å². The monoisotopic (exact) mass is 261 g/mol. The standard InChI is InChI=1S/C10H6F3NO4/c1-5(9(15)16)7-3-2-6(10(11,12)13)4-8(7)14(17)18/h2-4H,1H2,(H,15,16). The SMILES string of the molecule is C=C(C(=O)O)c1ccc(C(F)(F)F)cc1[N+](=O)[O-]. The molecule has 1 rings (SSSR count). The molecule has 96 valence electrons. The number of hydrogen-bond acceptors (Lipinski definition) is 3. The lowest BCUT2D eigenvalue weighted by Gasteiger charge is -2.08. The van der Waals surface area contributed by atoms with Gasteiger partial charge in [-0.2, -0.15) is 13.2 Å². The molecule has 0 bridgehead atoms. The van der Waals surface area contributed by atoms with E-state index in [0.29, 0.717) is 6.07 Å². The topological polar surface area (TPSA) is 80.4 Å². The second-order valence-corrected chi connectivity index (χ2v) is 3.27.